The van der Waals surface area contributed by atoms with Gasteiger partial charge in [0.25, 0.3) is 0 Å². The zero-order valence-electron chi connectivity index (χ0n) is 12.3. The molecule has 0 unspecified atom stereocenters. The van der Waals surface area contributed by atoms with Gasteiger partial charge in [0.15, 0.2) is 0 Å². The largest absolute Gasteiger partial charge is 0.506 e. The average Bonchev–Trinajstić information content (AvgIpc) is 3.31. The van der Waals surface area contributed by atoms with Gasteiger partial charge in [-0.15, -0.1) is 0 Å². The number of carbonyl (C=O) groups is 1. The maximum absolute atomic E-state index is 11.8. The molecule has 2 aliphatic rings. The third-order valence-corrected chi connectivity index (χ3v) is 4.25. The lowest BCUT2D eigenvalue weighted by Crippen LogP contribution is -2.49. The Kier molecular flexibility index (Phi) is 4.29. The number of carbonyl (C=O) groups excluding carboxylic acids is 1. The van der Waals surface area contributed by atoms with Gasteiger partial charge in [0, 0.05) is 32.7 Å². The molecular weight excluding hydrogens is 266 g/mol. The van der Waals surface area contributed by atoms with Gasteiger partial charge in [-0.3, -0.25) is 9.69 Å². The Labute approximate surface area is 125 Å². The van der Waals surface area contributed by atoms with Gasteiger partial charge in [-0.25, -0.2) is 0 Å². The van der Waals surface area contributed by atoms with Crippen LogP contribution in [0.3, 0.4) is 0 Å². The van der Waals surface area contributed by atoms with Gasteiger partial charge in [-0.1, -0.05) is 12.1 Å². The molecule has 1 aliphatic heterocycles. The maximum atomic E-state index is 11.8. The van der Waals surface area contributed by atoms with Crippen LogP contribution in [-0.2, 0) is 4.79 Å². The highest BCUT2D eigenvalue weighted by atomic mass is 16.3. The second kappa shape index (κ2) is 6.35. The first-order valence-electron chi connectivity index (χ1n) is 7.74. The SMILES string of the molecule is O=C(CN1CCN(c2ccccc2O)CC1)NCC1CC1. The fraction of sp³-hybridized carbons (Fsp3) is 0.562. The van der Waals surface area contributed by atoms with Crippen molar-refractivity contribution in [3.8, 4) is 5.75 Å². The van der Waals surface area contributed by atoms with Crippen molar-refractivity contribution < 1.29 is 9.90 Å². The molecule has 1 heterocycles. The van der Waals surface area contributed by atoms with Crippen LogP contribution in [0.15, 0.2) is 24.3 Å². The van der Waals surface area contributed by atoms with E-state index in [9.17, 15) is 9.90 Å². The van der Waals surface area contributed by atoms with Crippen LogP contribution in [0.4, 0.5) is 5.69 Å². The molecule has 1 saturated carbocycles. The summed E-state index contributed by atoms with van der Waals surface area (Å²) in [6, 6.07) is 7.42. The van der Waals surface area contributed by atoms with Crippen molar-refractivity contribution in [3.05, 3.63) is 24.3 Å². The van der Waals surface area contributed by atoms with Crippen molar-refractivity contribution in [1.82, 2.24) is 10.2 Å². The molecule has 1 aromatic carbocycles. The van der Waals surface area contributed by atoms with Gasteiger partial charge < -0.3 is 15.3 Å². The molecule has 2 N–H and O–H groups in total. The molecule has 114 valence electrons. The van der Waals surface area contributed by atoms with Crippen molar-refractivity contribution in [2.45, 2.75) is 12.8 Å². The molecule has 3 rings (SSSR count). The zero-order chi connectivity index (χ0) is 14.7. The van der Waals surface area contributed by atoms with Crippen LogP contribution in [0.2, 0.25) is 0 Å². The molecule has 0 aromatic heterocycles. The van der Waals surface area contributed by atoms with E-state index in [0.29, 0.717) is 12.3 Å². The quantitative estimate of drug-likeness (QED) is 0.850. The van der Waals surface area contributed by atoms with Gasteiger partial charge in [0.2, 0.25) is 5.91 Å². The van der Waals surface area contributed by atoms with Crippen LogP contribution < -0.4 is 10.2 Å². The summed E-state index contributed by atoms with van der Waals surface area (Å²) in [5.74, 6) is 1.19. The minimum atomic E-state index is 0.137. The molecule has 2 fully saturated rings. The number of para-hydroxylation sites is 2. The number of hydrogen-bond donors (Lipinski definition) is 2. The molecule has 0 spiro atoms. The van der Waals surface area contributed by atoms with E-state index < -0.39 is 0 Å². The smallest absolute Gasteiger partial charge is 0.234 e. The number of nitrogens with zero attached hydrogens (tertiary/aromatic N) is 2. The molecule has 5 nitrogen and oxygen atoms in total. The first kappa shape index (κ1) is 14.2. The highest BCUT2D eigenvalue weighted by molar-refractivity contribution is 5.78. The van der Waals surface area contributed by atoms with Gasteiger partial charge >= 0.3 is 0 Å². The zero-order valence-corrected chi connectivity index (χ0v) is 12.3. The van der Waals surface area contributed by atoms with Crippen LogP contribution in [-0.4, -0.2) is 55.2 Å². The van der Waals surface area contributed by atoms with Gasteiger partial charge in [0.05, 0.1) is 12.2 Å². The summed E-state index contributed by atoms with van der Waals surface area (Å²) >= 11 is 0. The summed E-state index contributed by atoms with van der Waals surface area (Å²) in [4.78, 5) is 16.2. The Balaban J connectivity index is 1.44. The van der Waals surface area contributed by atoms with Gasteiger partial charge in [-0.05, 0) is 30.9 Å². The molecule has 0 bridgehead atoms. The van der Waals surface area contributed by atoms with Crippen molar-refractivity contribution in [2.75, 3.05) is 44.2 Å². The lowest BCUT2D eigenvalue weighted by Gasteiger charge is -2.35. The number of nitrogens with one attached hydrogen (secondary N) is 1. The van der Waals surface area contributed by atoms with E-state index in [1.165, 1.54) is 12.8 Å². The van der Waals surface area contributed by atoms with E-state index in [2.05, 4.69) is 15.1 Å². The standard InChI is InChI=1S/C16H23N3O2/c20-15-4-2-1-3-14(15)19-9-7-18(8-10-19)12-16(21)17-11-13-5-6-13/h1-4,13,20H,5-12H2,(H,17,21). The van der Waals surface area contributed by atoms with Crippen molar-refractivity contribution in [2.24, 2.45) is 5.92 Å². The van der Waals surface area contributed by atoms with Crippen LogP contribution in [0.25, 0.3) is 0 Å². The van der Waals surface area contributed by atoms with E-state index in [4.69, 9.17) is 0 Å². The Morgan fingerprint density at radius 2 is 1.90 bits per heavy atom. The molecule has 1 aliphatic carbocycles. The predicted octanol–water partition coefficient (Wildman–Crippen LogP) is 1.04. The second-order valence-corrected chi connectivity index (χ2v) is 6.00. The number of anilines is 1. The van der Waals surface area contributed by atoms with Gasteiger partial charge in [-0.2, -0.15) is 0 Å². The summed E-state index contributed by atoms with van der Waals surface area (Å²) < 4.78 is 0. The number of hydrogen-bond acceptors (Lipinski definition) is 4. The number of rotatable bonds is 5. The molecule has 1 aromatic rings. The molecule has 21 heavy (non-hydrogen) atoms. The fourth-order valence-electron chi connectivity index (χ4n) is 2.72. The van der Waals surface area contributed by atoms with Crippen molar-refractivity contribution in [1.29, 1.82) is 0 Å². The number of aromatic hydroxyl groups is 1. The van der Waals surface area contributed by atoms with Crippen LogP contribution in [0.5, 0.6) is 5.75 Å². The molecule has 5 heteroatoms. The monoisotopic (exact) mass is 289 g/mol. The molecular formula is C16H23N3O2. The van der Waals surface area contributed by atoms with Gasteiger partial charge in [0.1, 0.15) is 5.75 Å². The number of amides is 1. The highest BCUT2D eigenvalue weighted by Gasteiger charge is 2.23. The van der Waals surface area contributed by atoms with Crippen LogP contribution >= 0.6 is 0 Å². The second-order valence-electron chi connectivity index (χ2n) is 6.00. The summed E-state index contributed by atoms with van der Waals surface area (Å²) in [5.41, 5.74) is 0.885. The molecule has 1 saturated heterocycles. The van der Waals surface area contributed by atoms with Crippen LogP contribution in [0.1, 0.15) is 12.8 Å². The Hall–Kier alpha value is -1.75. The highest BCUT2D eigenvalue weighted by Crippen LogP contribution is 2.28. The van der Waals surface area contributed by atoms with Crippen molar-refractivity contribution >= 4 is 11.6 Å². The number of phenols is 1. The lowest BCUT2D eigenvalue weighted by atomic mass is 10.2. The maximum Gasteiger partial charge on any atom is 0.234 e. The van der Waals surface area contributed by atoms with Crippen molar-refractivity contribution in [3.63, 3.8) is 0 Å². The third kappa shape index (κ3) is 3.88. The van der Waals surface area contributed by atoms with E-state index in [0.717, 1.165) is 44.3 Å². The summed E-state index contributed by atoms with van der Waals surface area (Å²) in [6.07, 6.45) is 2.53. The first-order chi connectivity index (χ1) is 10.2. The van der Waals surface area contributed by atoms with Crippen LogP contribution in [0, 0.1) is 5.92 Å². The van der Waals surface area contributed by atoms with E-state index >= 15 is 0 Å². The Morgan fingerprint density at radius 1 is 1.19 bits per heavy atom. The van der Waals surface area contributed by atoms with E-state index in [-0.39, 0.29) is 5.91 Å². The minimum absolute atomic E-state index is 0.137. The fourth-order valence-corrected chi connectivity index (χ4v) is 2.72. The molecule has 1 amide bonds. The molecule has 0 atom stereocenters. The summed E-state index contributed by atoms with van der Waals surface area (Å²) in [5, 5.41) is 12.9. The summed E-state index contributed by atoms with van der Waals surface area (Å²) in [6.45, 7) is 4.72. The topological polar surface area (TPSA) is 55.8 Å². The molecule has 0 radical (unpaired) electrons. The Morgan fingerprint density at radius 3 is 2.57 bits per heavy atom. The third-order valence-electron chi connectivity index (χ3n) is 4.25. The summed E-state index contributed by atoms with van der Waals surface area (Å²) in [7, 11) is 0. The first-order valence-corrected chi connectivity index (χ1v) is 7.74. The predicted molar refractivity (Wildman–Crippen MR) is 82.5 cm³/mol. The normalized spacial score (nSPS) is 19.5. The van der Waals surface area contributed by atoms with E-state index in [1.54, 1.807) is 6.07 Å². The Bertz CT molecular complexity index is 494. The minimum Gasteiger partial charge on any atom is -0.506 e. The lowest BCUT2D eigenvalue weighted by molar-refractivity contribution is -0.122. The number of phenolic OH excluding ortho intramolecular Hbond substituents is 1. The number of piperazine rings is 1. The number of benzene rings is 1. The van der Waals surface area contributed by atoms with E-state index in [1.807, 2.05) is 18.2 Å². The average molecular weight is 289 g/mol.